The van der Waals surface area contributed by atoms with Crippen LogP contribution in [0.15, 0.2) is 46.9 Å². The van der Waals surface area contributed by atoms with E-state index in [0.717, 1.165) is 0 Å². The van der Waals surface area contributed by atoms with Gasteiger partial charge in [-0.1, -0.05) is 12.1 Å². The SMILES string of the molecule is O=[N+]([O-])c1cccc(COc2ccc(F)cc2)c1Br. The Kier molecular flexibility index (Phi) is 4.11. The van der Waals surface area contributed by atoms with E-state index in [1.54, 1.807) is 12.1 Å². The first-order valence-corrected chi connectivity index (χ1v) is 6.17. The highest BCUT2D eigenvalue weighted by atomic mass is 79.9. The number of benzene rings is 2. The van der Waals surface area contributed by atoms with E-state index in [2.05, 4.69) is 15.9 Å². The molecule has 0 spiro atoms. The molecule has 0 aliphatic rings. The van der Waals surface area contributed by atoms with Crippen molar-refractivity contribution in [1.82, 2.24) is 0 Å². The Balaban J connectivity index is 2.13. The van der Waals surface area contributed by atoms with Crippen molar-refractivity contribution in [3.8, 4) is 5.75 Å². The summed E-state index contributed by atoms with van der Waals surface area (Å²) in [7, 11) is 0. The molecule has 0 radical (unpaired) electrons. The van der Waals surface area contributed by atoms with E-state index in [4.69, 9.17) is 4.74 Å². The minimum absolute atomic E-state index is 0.0137. The van der Waals surface area contributed by atoms with Crippen molar-refractivity contribution in [1.29, 1.82) is 0 Å². The predicted molar refractivity (Wildman–Crippen MR) is 71.5 cm³/mol. The van der Waals surface area contributed by atoms with Crippen LogP contribution < -0.4 is 4.74 Å². The molecule has 0 saturated heterocycles. The highest BCUT2D eigenvalue weighted by Crippen LogP contribution is 2.29. The first-order valence-electron chi connectivity index (χ1n) is 5.38. The summed E-state index contributed by atoms with van der Waals surface area (Å²) in [6, 6.07) is 10.3. The average molecular weight is 326 g/mol. The molecule has 0 aromatic heterocycles. The molecule has 2 aromatic rings. The molecule has 0 N–H and O–H groups in total. The van der Waals surface area contributed by atoms with Crippen LogP contribution in [0.4, 0.5) is 10.1 Å². The maximum Gasteiger partial charge on any atom is 0.283 e. The van der Waals surface area contributed by atoms with Crippen molar-refractivity contribution in [2.24, 2.45) is 0 Å². The van der Waals surface area contributed by atoms with Crippen LogP contribution in [0.2, 0.25) is 0 Å². The fourth-order valence-electron chi connectivity index (χ4n) is 1.51. The van der Waals surface area contributed by atoms with Crippen LogP contribution >= 0.6 is 15.9 Å². The third kappa shape index (κ3) is 3.29. The summed E-state index contributed by atoms with van der Waals surface area (Å²) >= 11 is 3.19. The molecule has 19 heavy (non-hydrogen) atoms. The smallest absolute Gasteiger partial charge is 0.283 e. The van der Waals surface area contributed by atoms with Crippen molar-refractivity contribution >= 4 is 21.6 Å². The number of nitrogens with zero attached hydrogens (tertiary/aromatic N) is 1. The van der Waals surface area contributed by atoms with Crippen molar-refractivity contribution in [3.05, 3.63) is 68.4 Å². The Morgan fingerprint density at radius 2 is 1.89 bits per heavy atom. The molecule has 0 fully saturated rings. The standard InChI is InChI=1S/C13H9BrFNO3/c14-13-9(2-1-3-12(13)16(17)18)8-19-11-6-4-10(15)5-7-11/h1-7H,8H2. The first kappa shape index (κ1) is 13.5. The zero-order chi connectivity index (χ0) is 13.8. The zero-order valence-corrected chi connectivity index (χ0v) is 11.3. The Bertz CT molecular complexity index is 601. The second kappa shape index (κ2) is 5.79. The molecule has 0 heterocycles. The molecule has 98 valence electrons. The molecular weight excluding hydrogens is 317 g/mol. The van der Waals surface area contributed by atoms with Gasteiger partial charge in [-0.25, -0.2) is 4.39 Å². The molecule has 0 atom stereocenters. The molecule has 0 saturated carbocycles. The molecule has 0 amide bonds. The van der Waals surface area contributed by atoms with Crippen LogP contribution in [0.1, 0.15) is 5.56 Å². The maximum absolute atomic E-state index is 12.7. The van der Waals surface area contributed by atoms with Crippen LogP contribution in [0.3, 0.4) is 0 Å². The van der Waals surface area contributed by atoms with Crippen LogP contribution in [0.5, 0.6) is 5.75 Å². The quantitative estimate of drug-likeness (QED) is 0.628. The van der Waals surface area contributed by atoms with Gasteiger partial charge in [0.2, 0.25) is 0 Å². The van der Waals surface area contributed by atoms with E-state index < -0.39 is 4.92 Å². The highest BCUT2D eigenvalue weighted by molar-refractivity contribution is 9.10. The van der Waals surface area contributed by atoms with Crippen molar-refractivity contribution < 1.29 is 14.1 Å². The summed E-state index contributed by atoms with van der Waals surface area (Å²) < 4.78 is 18.6. The van der Waals surface area contributed by atoms with Crippen molar-refractivity contribution in [2.45, 2.75) is 6.61 Å². The van der Waals surface area contributed by atoms with Crippen molar-refractivity contribution in [3.63, 3.8) is 0 Å². The topological polar surface area (TPSA) is 52.4 Å². The van der Waals surface area contributed by atoms with E-state index in [1.165, 1.54) is 30.3 Å². The van der Waals surface area contributed by atoms with Gasteiger partial charge in [0.1, 0.15) is 22.6 Å². The first-order chi connectivity index (χ1) is 9.08. The number of nitro groups is 1. The predicted octanol–water partition coefficient (Wildman–Crippen LogP) is 4.08. The fraction of sp³-hybridized carbons (Fsp3) is 0.0769. The molecule has 2 rings (SSSR count). The minimum Gasteiger partial charge on any atom is -0.489 e. The number of hydrogen-bond donors (Lipinski definition) is 0. The van der Waals surface area contributed by atoms with Gasteiger partial charge in [-0.15, -0.1) is 0 Å². The Morgan fingerprint density at radius 3 is 2.53 bits per heavy atom. The van der Waals surface area contributed by atoms with E-state index >= 15 is 0 Å². The minimum atomic E-state index is -0.467. The number of rotatable bonds is 4. The number of nitro benzene ring substituents is 1. The van der Waals surface area contributed by atoms with E-state index in [-0.39, 0.29) is 18.1 Å². The van der Waals surface area contributed by atoms with E-state index in [0.29, 0.717) is 15.8 Å². The lowest BCUT2D eigenvalue weighted by Crippen LogP contribution is -1.99. The van der Waals surface area contributed by atoms with Gasteiger partial charge >= 0.3 is 0 Å². The molecule has 0 bridgehead atoms. The second-order valence-corrected chi connectivity index (χ2v) is 4.54. The Labute approximate surface area is 117 Å². The summed E-state index contributed by atoms with van der Waals surface area (Å²) in [4.78, 5) is 10.3. The molecule has 0 unspecified atom stereocenters. The number of hydrogen-bond acceptors (Lipinski definition) is 3. The molecular formula is C13H9BrFNO3. The highest BCUT2D eigenvalue weighted by Gasteiger charge is 2.14. The van der Waals surface area contributed by atoms with E-state index in [1.807, 2.05) is 0 Å². The fourth-order valence-corrected chi connectivity index (χ4v) is 2.03. The molecule has 0 aliphatic heterocycles. The average Bonchev–Trinajstić information content (AvgIpc) is 2.39. The van der Waals surface area contributed by atoms with Gasteiger partial charge in [0.15, 0.2) is 0 Å². The van der Waals surface area contributed by atoms with Gasteiger partial charge in [-0.2, -0.15) is 0 Å². The van der Waals surface area contributed by atoms with Crippen molar-refractivity contribution in [2.75, 3.05) is 0 Å². The summed E-state index contributed by atoms with van der Waals surface area (Å²) in [6.45, 7) is 0.161. The third-order valence-electron chi connectivity index (χ3n) is 2.46. The Hall–Kier alpha value is -1.95. The van der Waals surface area contributed by atoms with Gasteiger partial charge < -0.3 is 4.74 Å². The number of halogens is 2. The second-order valence-electron chi connectivity index (χ2n) is 3.75. The zero-order valence-electron chi connectivity index (χ0n) is 9.68. The van der Waals surface area contributed by atoms with Crippen LogP contribution in [0, 0.1) is 15.9 Å². The van der Waals surface area contributed by atoms with Gasteiger partial charge in [-0.3, -0.25) is 10.1 Å². The Morgan fingerprint density at radius 1 is 1.21 bits per heavy atom. The summed E-state index contributed by atoms with van der Waals surface area (Å²) in [5, 5.41) is 10.8. The van der Waals surface area contributed by atoms with Gasteiger partial charge in [0.05, 0.1) is 4.92 Å². The van der Waals surface area contributed by atoms with Gasteiger partial charge in [-0.05, 0) is 40.2 Å². The van der Waals surface area contributed by atoms with Gasteiger partial charge in [0.25, 0.3) is 5.69 Å². The molecule has 4 nitrogen and oxygen atoms in total. The maximum atomic E-state index is 12.7. The van der Waals surface area contributed by atoms with Crippen LogP contribution in [-0.2, 0) is 6.61 Å². The molecule has 0 aliphatic carbocycles. The lowest BCUT2D eigenvalue weighted by molar-refractivity contribution is -0.385. The normalized spacial score (nSPS) is 10.2. The summed E-state index contributed by atoms with van der Waals surface area (Å²) in [5.74, 6) is 0.156. The largest absolute Gasteiger partial charge is 0.489 e. The lowest BCUT2D eigenvalue weighted by Gasteiger charge is -2.08. The monoisotopic (exact) mass is 325 g/mol. The van der Waals surface area contributed by atoms with E-state index in [9.17, 15) is 14.5 Å². The molecule has 2 aromatic carbocycles. The lowest BCUT2D eigenvalue weighted by atomic mass is 10.2. The van der Waals surface area contributed by atoms with Gasteiger partial charge in [0, 0.05) is 11.6 Å². The summed E-state index contributed by atoms with van der Waals surface area (Å²) in [6.07, 6.45) is 0. The summed E-state index contributed by atoms with van der Waals surface area (Å²) in [5.41, 5.74) is 0.638. The van der Waals surface area contributed by atoms with Crippen LogP contribution in [0.25, 0.3) is 0 Å². The molecule has 6 heteroatoms. The third-order valence-corrected chi connectivity index (χ3v) is 3.38. The van der Waals surface area contributed by atoms with Crippen LogP contribution in [-0.4, -0.2) is 4.92 Å². The number of ether oxygens (including phenoxy) is 1.